The summed E-state index contributed by atoms with van der Waals surface area (Å²) in [5.74, 6) is 3.76. The Labute approximate surface area is 179 Å². The van der Waals surface area contributed by atoms with E-state index in [2.05, 4.69) is 47.4 Å². The molecule has 3 rings (SSSR count). The molecule has 1 fully saturated rings. The molecule has 0 spiro atoms. The van der Waals surface area contributed by atoms with Crippen molar-refractivity contribution in [3.8, 4) is 11.5 Å². The molecule has 0 saturated heterocycles. The molecule has 0 aliphatic heterocycles. The van der Waals surface area contributed by atoms with Gasteiger partial charge in [-0.05, 0) is 43.4 Å². The fourth-order valence-electron chi connectivity index (χ4n) is 3.41. The van der Waals surface area contributed by atoms with Gasteiger partial charge in [0.15, 0.2) is 17.5 Å². The van der Waals surface area contributed by atoms with Crippen molar-refractivity contribution in [1.82, 2.24) is 15.6 Å². The molecule has 2 aromatic rings. The van der Waals surface area contributed by atoms with Gasteiger partial charge in [-0.3, -0.25) is 4.99 Å². The molecular weight excluding hydrogens is 380 g/mol. The minimum absolute atomic E-state index is 0.0577. The van der Waals surface area contributed by atoms with Gasteiger partial charge in [0.1, 0.15) is 5.76 Å². The van der Waals surface area contributed by atoms with Crippen LogP contribution in [-0.2, 0) is 18.5 Å². The van der Waals surface area contributed by atoms with Crippen LogP contribution in [0, 0.1) is 0 Å². The average molecular weight is 415 g/mol. The number of aromatic nitrogens is 1. The zero-order chi connectivity index (χ0) is 21.6. The zero-order valence-electron chi connectivity index (χ0n) is 18.7. The molecule has 0 atom stereocenters. The third-order valence-electron chi connectivity index (χ3n) is 5.21. The van der Waals surface area contributed by atoms with Crippen molar-refractivity contribution in [2.24, 2.45) is 4.99 Å². The van der Waals surface area contributed by atoms with Crippen molar-refractivity contribution < 1.29 is 13.9 Å². The normalized spacial score (nSPS) is 15.3. The quantitative estimate of drug-likeness (QED) is 0.523. The van der Waals surface area contributed by atoms with Crippen LogP contribution in [-0.4, -0.2) is 31.2 Å². The van der Waals surface area contributed by atoms with E-state index in [4.69, 9.17) is 13.9 Å². The minimum atomic E-state index is -0.0577. The smallest absolute Gasteiger partial charge is 0.213 e. The van der Waals surface area contributed by atoms with Crippen molar-refractivity contribution in [3.05, 3.63) is 41.6 Å². The molecule has 0 bridgehead atoms. The van der Waals surface area contributed by atoms with Gasteiger partial charge >= 0.3 is 0 Å². The molecule has 30 heavy (non-hydrogen) atoms. The van der Waals surface area contributed by atoms with Crippen LogP contribution >= 0.6 is 0 Å². The first kappa shape index (κ1) is 22.0. The van der Waals surface area contributed by atoms with Crippen LogP contribution in [0.1, 0.15) is 63.7 Å². The van der Waals surface area contributed by atoms with Crippen molar-refractivity contribution in [2.45, 2.75) is 71.1 Å². The fraction of sp³-hybridized carbons (Fsp3) is 0.565. The molecule has 1 aromatic carbocycles. The molecule has 2 N–H and O–H groups in total. The topological polar surface area (TPSA) is 80.9 Å². The summed E-state index contributed by atoms with van der Waals surface area (Å²) in [5, 5.41) is 6.55. The number of benzene rings is 1. The van der Waals surface area contributed by atoms with Crippen molar-refractivity contribution in [1.29, 1.82) is 0 Å². The number of oxazole rings is 1. The highest BCUT2D eigenvalue weighted by atomic mass is 16.5. The Morgan fingerprint density at radius 3 is 2.53 bits per heavy atom. The van der Waals surface area contributed by atoms with Gasteiger partial charge < -0.3 is 24.5 Å². The summed E-state index contributed by atoms with van der Waals surface area (Å²) in [7, 11) is 3.42. The summed E-state index contributed by atoms with van der Waals surface area (Å²) < 4.78 is 17.5. The first-order valence-electron chi connectivity index (χ1n) is 10.6. The summed E-state index contributed by atoms with van der Waals surface area (Å²) in [5.41, 5.74) is 1.03. The first-order valence-corrected chi connectivity index (χ1v) is 10.6. The zero-order valence-corrected chi connectivity index (χ0v) is 18.7. The third kappa shape index (κ3) is 5.90. The van der Waals surface area contributed by atoms with Crippen LogP contribution in [0.5, 0.6) is 11.5 Å². The average Bonchev–Trinajstić information content (AvgIpc) is 3.40. The maximum absolute atomic E-state index is 6.11. The largest absolute Gasteiger partial charge is 0.493 e. The Morgan fingerprint density at radius 1 is 1.17 bits per heavy atom. The number of aliphatic imine (C=N–C) groups is 1. The molecule has 164 valence electrons. The lowest BCUT2D eigenvalue weighted by Crippen LogP contribution is -2.36. The summed E-state index contributed by atoms with van der Waals surface area (Å²) in [6, 6.07) is 6.05. The number of rotatable bonds is 7. The van der Waals surface area contributed by atoms with E-state index in [1.807, 2.05) is 12.1 Å². The van der Waals surface area contributed by atoms with E-state index in [0.717, 1.165) is 35.7 Å². The van der Waals surface area contributed by atoms with Gasteiger partial charge in [0.25, 0.3) is 0 Å². The van der Waals surface area contributed by atoms with Crippen molar-refractivity contribution >= 4 is 5.96 Å². The lowest BCUT2D eigenvalue weighted by Gasteiger charge is -2.17. The van der Waals surface area contributed by atoms with E-state index in [1.54, 1.807) is 20.4 Å². The predicted molar refractivity (Wildman–Crippen MR) is 118 cm³/mol. The molecule has 7 nitrogen and oxygen atoms in total. The van der Waals surface area contributed by atoms with E-state index in [9.17, 15) is 0 Å². The number of guanidine groups is 1. The van der Waals surface area contributed by atoms with Crippen LogP contribution in [0.15, 0.2) is 33.8 Å². The SMILES string of the molecule is CN=C(NCc1ccc(OC2CCCC2)c(OC)c1)NCc1ncc(C(C)(C)C)o1. The molecule has 1 aromatic heterocycles. The van der Waals surface area contributed by atoms with E-state index in [1.165, 1.54) is 12.8 Å². The monoisotopic (exact) mass is 414 g/mol. The molecule has 0 radical (unpaired) electrons. The van der Waals surface area contributed by atoms with Gasteiger partial charge in [-0.25, -0.2) is 4.98 Å². The number of methoxy groups -OCH3 is 1. The maximum Gasteiger partial charge on any atom is 0.213 e. The van der Waals surface area contributed by atoms with Crippen LogP contribution in [0.2, 0.25) is 0 Å². The van der Waals surface area contributed by atoms with Crippen molar-refractivity contribution in [2.75, 3.05) is 14.2 Å². The maximum atomic E-state index is 6.11. The van der Waals surface area contributed by atoms with Crippen LogP contribution in [0.25, 0.3) is 0 Å². The van der Waals surface area contributed by atoms with Gasteiger partial charge in [-0.2, -0.15) is 0 Å². The molecule has 0 amide bonds. The van der Waals surface area contributed by atoms with Gasteiger partial charge in [0.05, 0.1) is 26.0 Å². The van der Waals surface area contributed by atoms with E-state index in [-0.39, 0.29) is 5.41 Å². The highest BCUT2D eigenvalue weighted by Crippen LogP contribution is 2.32. The lowest BCUT2D eigenvalue weighted by atomic mass is 9.94. The van der Waals surface area contributed by atoms with Crippen LogP contribution in [0.4, 0.5) is 0 Å². The van der Waals surface area contributed by atoms with Gasteiger partial charge in [0.2, 0.25) is 5.89 Å². The molecule has 1 aliphatic carbocycles. The Bertz CT molecular complexity index is 848. The third-order valence-corrected chi connectivity index (χ3v) is 5.21. The minimum Gasteiger partial charge on any atom is -0.493 e. The number of hydrogen-bond acceptors (Lipinski definition) is 5. The van der Waals surface area contributed by atoms with E-state index >= 15 is 0 Å². The van der Waals surface area contributed by atoms with Crippen LogP contribution in [0.3, 0.4) is 0 Å². The predicted octanol–water partition coefficient (Wildman–Crippen LogP) is 4.17. The number of nitrogens with zero attached hydrogens (tertiary/aromatic N) is 2. The van der Waals surface area contributed by atoms with Crippen molar-refractivity contribution in [3.63, 3.8) is 0 Å². The second-order valence-electron chi connectivity index (χ2n) is 8.66. The lowest BCUT2D eigenvalue weighted by molar-refractivity contribution is 0.200. The van der Waals surface area contributed by atoms with E-state index in [0.29, 0.717) is 31.0 Å². The summed E-state index contributed by atoms with van der Waals surface area (Å²) >= 11 is 0. The Balaban J connectivity index is 1.53. The second-order valence-corrected chi connectivity index (χ2v) is 8.66. The highest BCUT2D eigenvalue weighted by molar-refractivity contribution is 5.79. The first-order chi connectivity index (χ1) is 14.4. The standard InChI is InChI=1S/C23H34N4O3/c1-23(2,3)20-14-25-21(30-20)15-27-22(24-4)26-13-16-10-11-18(19(12-16)28-5)29-17-8-6-7-9-17/h10-12,14,17H,6-9,13,15H2,1-5H3,(H2,24,26,27). The van der Waals surface area contributed by atoms with Crippen LogP contribution < -0.4 is 20.1 Å². The van der Waals surface area contributed by atoms with E-state index < -0.39 is 0 Å². The highest BCUT2D eigenvalue weighted by Gasteiger charge is 2.20. The molecule has 1 aliphatic rings. The molecule has 1 saturated carbocycles. The second kappa shape index (κ2) is 9.87. The van der Waals surface area contributed by atoms with Gasteiger partial charge in [-0.15, -0.1) is 0 Å². The summed E-state index contributed by atoms with van der Waals surface area (Å²) in [6.07, 6.45) is 6.82. The number of ether oxygens (including phenoxy) is 2. The summed E-state index contributed by atoms with van der Waals surface area (Å²) in [6.45, 7) is 7.38. The molecule has 1 heterocycles. The fourth-order valence-corrected chi connectivity index (χ4v) is 3.41. The number of hydrogen-bond donors (Lipinski definition) is 2. The number of nitrogens with one attached hydrogen (secondary N) is 2. The Kier molecular flexibility index (Phi) is 7.24. The molecular formula is C23H34N4O3. The molecule has 0 unspecified atom stereocenters. The van der Waals surface area contributed by atoms with Gasteiger partial charge in [-0.1, -0.05) is 26.8 Å². The Hall–Kier alpha value is -2.70. The molecule has 7 heteroatoms. The Morgan fingerprint density at radius 2 is 1.90 bits per heavy atom. The summed E-state index contributed by atoms with van der Waals surface area (Å²) in [4.78, 5) is 8.61. The van der Waals surface area contributed by atoms with Gasteiger partial charge in [0, 0.05) is 19.0 Å².